The van der Waals surface area contributed by atoms with Gasteiger partial charge >= 0.3 is 0 Å². The number of nitrogens with one attached hydrogen (secondary N) is 1. The van der Waals surface area contributed by atoms with Gasteiger partial charge in [-0.1, -0.05) is 31.8 Å². The minimum Gasteiger partial charge on any atom is -0.339 e. The molecule has 0 aromatic carbocycles. The molecule has 2 atom stereocenters. The highest BCUT2D eigenvalue weighted by Crippen LogP contribution is 2.30. The first-order chi connectivity index (χ1) is 10.7. The van der Waals surface area contributed by atoms with Crippen LogP contribution < -0.4 is 5.32 Å². The van der Waals surface area contributed by atoms with Crippen LogP contribution in [0.15, 0.2) is 4.52 Å². The van der Waals surface area contributed by atoms with Crippen LogP contribution in [0.5, 0.6) is 0 Å². The quantitative estimate of drug-likeness (QED) is 0.926. The molecule has 1 aromatic heterocycles. The maximum atomic E-state index is 5.46. The highest BCUT2D eigenvalue weighted by molar-refractivity contribution is 4.98. The summed E-state index contributed by atoms with van der Waals surface area (Å²) in [6, 6.07) is 0.348. The molecular weight excluding hydrogens is 276 g/mol. The summed E-state index contributed by atoms with van der Waals surface area (Å²) in [5.74, 6) is 2.77. The van der Waals surface area contributed by atoms with Gasteiger partial charge in [-0.2, -0.15) is 4.98 Å². The third-order valence-corrected chi connectivity index (χ3v) is 5.00. The van der Waals surface area contributed by atoms with Gasteiger partial charge in [-0.15, -0.1) is 0 Å². The van der Waals surface area contributed by atoms with Crippen LogP contribution >= 0.6 is 0 Å². The van der Waals surface area contributed by atoms with Crippen molar-refractivity contribution in [1.82, 2.24) is 20.4 Å². The summed E-state index contributed by atoms with van der Waals surface area (Å²) in [5, 5.41) is 7.84. The predicted molar refractivity (Wildman–Crippen MR) is 86.8 cm³/mol. The Balaban J connectivity index is 1.71. The lowest BCUT2D eigenvalue weighted by Crippen LogP contribution is -2.40. The minimum absolute atomic E-state index is 0.308. The molecule has 1 N–H and O–H groups in total. The zero-order chi connectivity index (χ0) is 15.4. The van der Waals surface area contributed by atoms with E-state index in [9.17, 15) is 0 Å². The number of aromatic nitrogens is 2. The zero-order valence-corrected chi connectivity index (χ0v) is 14.1. The largest absolute Gasteiger partial charge is 0.339 e. The Morgan fingerprint density at radius 2 is 2.14 bits per heavy atom. The average Bonchev–Trinajstić information content (AvgIpc) is 2.90. The van der Waals surface area contributed by atoms with Crippen LogP contribution in [0.1, 0.15) is 76.0 Å². The van der Waals surface area contributed by atoms with E-state index in [0.717, 1.165) is 30.6 Å². The fourth-order valence-electron chi connectivity index (χ4n) is 3.71. The molecule has 2 fully saturated rings. The van der Waals surface area contributed by atoms with Gasteiger partial charge in [-0.3, -0.25) is 4.90 Å². The van der Waals surface area contributed by atoms with Crippen LogP contribution in [0.2, 0.25) is 0 Å². The Morgan fingerprint density at radius 3 is 2.86 bits per heavy atom. The highest BCUT2D eigenvalue weighted by atomic mass is 16.5. The monoisotopic (exact) mass is 306 g/mol. The number of nitrogens with zero attached hydrogens (tertiary/aromatic N) is 3. The van der Waals surface area contributed by atoms with Crippen molar-refractivity contribution in [2.24, 2.45) is 5.92 Å². The second-order valence-electron chi connectivity index (χ2n) is 7.22. The predicted octanol–water partition coefficient (Wildman–Crippen LogP) is 3.11. The molecule has 5 heteroatoms. The topological polar surface area (TPSA) is 54.2 Å². The van der Waals surface area contributed by atoms with Gasteiger partial charge in [0.15, 0.2) is 5.82 Å². The van der Waals surface area contributed by atoms with Crippen molar-refractivity contribution >= 4 is 0 Å². The summed E-state index contributed by atoms with van der Waals surface area (Å²) in [5.41, 5.74) is 0. The molecule has 3 heterocycles. The molecule has 1 aromatic rings. The SMILES string of the molecule is CC(C)c1nc(C2CCCCCN2CC2CCCNC2)no1. The number of rotatable bonds is 4. The summed E-state index contributed by atoms with van der Waals surface area (Å²) < 4.78 is 5.46. The Hall–Kier alpha value is -0.940. The first-order valence-corrected chi connectivity index (χ1v) is 9.02. The lowest BCUT2D eigenvalue weighted by atomic mass is 9.98. The molecule has 3 rings (SSSR count). The van der Waals surface area contributed by atoms with Crippen molar-refractivity contribution in [3.63, 3.8) is 0 Å². The van der Waals surface area contributed by atoms with Crippen LogP contribution in [0.3, 0.4) is 0 Å². The second-order valence-corrected chi connectivity index (χ2v) is 7.22. The van der Waals surface area contributed by atoms with Crippen molar-refractivity contribution in [3.05, 3.63) is 11.7 Å². The van der Waals surface area contributed by atoms with Crippen LogP contribution in [0.4, 0.5) is 0 Å². The van der Waals surface area contributed by atoms with E-state index < -0.39 is 0 Å². The van der Waals surface area contributed by atoms with E-state index in [1.54, 1.807) is 0 Å². The molecule has 0 saturated carbocycles. The number of likely N-dealkylation sites (tertiary alicyclic amines) is 1. The molecule has 0 radical (unpaired) electrons. The van der Waals surface area contributed by atoms with Crippen LogP contribution in [0, 0.1) is 5.92 Å². The molecule has 2 aliphatic heterocycles. The van der Waals surface area contributed by atoms with Gasteiger partial charge in [0.25, 0.3) is 0 Å². The maximum Gasteiger partial charge on any atom is 0.229 e. The fourth-order valence-corrected chi connectivity index (χ4v) is 3.71. The smallest absolute Gasteiger partial charge is 0.229 e. The zero-order valence-electron chi connectivity index (χ0n) is 14.1. The molecule has 2 aliphatic rings. The van der Waals surface area contributed by atoms with Gasteiger partial charge in [0.05, 0.1) is 6.04 Å². The number of hydrogen-bond donors (Lipinski definition) is 1. The summed E-state index contributed by atoms with van der Waals surface area (Å²) in [6.45, 7) is 8.90. The molecule has 0 amide bonds. The van der Waals surface area contributed by atoms with Gasteiger partial charge in [-0.25, -0.2) is 0 Å². The van der Waals surface area contributed by atoms with Crippen molar-refractivity contribution in [1.29, 1.82) is 0 Å². The van der Waals surface area contributed by atoms with Gasteiger partial charge in [0.1, 0.15) is 0 Å². The summed E-state index contributed by atoms with van der Waals surface area (Å²) >= 11 is 0. The van der Waals surface area contributed by atoms with Gasteiger partial charge in [0.2, 0.25) is 5.89 Å². The summed E-state index contributed by atoms with van der Waals surface area (Å²) in [7, 11) is 0. The molecule has 2 unspecified atom stereocenters. The molecule has 124 valence electrons. The molecular formula is C17H30N4O. The molecule has 5 nitrogen and oxygen atoms in total. The lowest BCUT2D eigenvalue weighted by molar-refractivity contribution is 0.148. The first-order valence-electron chi connectivity index (χ1n) is 9.02. The summed E-state index contributed by atoms with van der Waals surface area (Å²) in [6.07, 6.45) is 7.71. The average molecular weight is 306 g/mol. The third-order valence-electron chi connectivity index (χ3n) is 5.00. The molecule has 22 heavy (non-hydrogen) atoms. The normalized spacial score (nSPS) is 28.0. The van der Waals surface area contributed by atoms with Gasteiger partial charge in [0, 0.05) is 12.5 Å². The van der Waals surface area contributed by atoms with E-state index in [4.69, 9.17) is 4.52 Å². The lowest BCUT2D eigenvalue weighted by Gasteiger charge is -2.33. The highest BCUT2D eigenvalue weighted by Gasteiger charge is 2.29. The van der Waals surface area contributed by atoms with Crippen LogP contribution in [-0.4, -0.2) is 41.2 Å². The molecule has 0 spiro atoms. The van der Waals surface area contributed by atoms with Crippen molar-refractivity contribution in [2.45, 2.75) is 64.3 Å². The Morgan fingerprint density at radius 1 is 1.23 bits per heavy atom. The van der Waals surface area contributed by atoms with E-state index in [1.165, 1.54) is 51.7 Å². The summed E-state index contributed by atoms with van der Waals surface area (Å²) in [4.78, 5) is 7.31. The van der Waals surface area contributed by atoms with Crippen LogP contribution in [-0.2, 0) is 0 Å². The Kier molecular flexibility index (Phi) is 5.47. The van der Waals surface area contributed by atoms with Crippen molar-refractivity contribution in [3.8, 4) is 0 Å². The van der Waals surface area contributed by atoms with Crippen LogP contribution in [0.25, 0.3) is 0 Å². The second kappa shape index (κ2) is 7.55. The van der Waals surface area contributed by atoms with Crippen molar-refractivity contribution in [2.75, 3.05) is 26.2 Å². The first kappa shape index (κ1) is 15.9. The number of hydrogen-bond acceptors (Lipinski definition) is 5. The van der Waals surface area contributed by atoms with Gasteiger partial charge < -0.3 is 9.84 Å². The van der Waals surface area contributed by atoms with E-state index in [1.807, 2.05) is 0 Å². The van der Waals surface area contributed by atoms with Crippen molar-refractivity contribution < 1.29 is 4.52 Å². The van der Waals surface area contributed by atoms with E-state index >= 15 is 0 Å². The minimum atomic E-state index is 0.308. The maximum absolute atomic E-state index is 5.46. The van der Waals surface area contributed by atoms with E-state index in [2.05, 4.69) is 34.2 Å². The van der Waals surface area contributed by atoms with E-state index in [-0.39, 0.29) is 0 Å². The molecule has 2 saturated heterocycles. The van der Waals surface area contributed by atoms with Gasteiger partial charge in [-0.05, 0) is 51.2 Å². The molecule has 0 bridgehead atoms. The molecule has 0 aliphatic carbocycles. The third kappa shape index (κ3) is 3.87. The fraction of sp³-hybridized carbons (Fsp3) is 0.882. The Bertz CT molecular complexity index is 453. The van der Waals surface area contributed by atoms with E-state index in [0.29, 0.717) is 12.0 Å². The number of piperidine rings is 1. The Labute approximate surface area is 133 Å². The standard InChI is InChI=1S/C17H30N4O/c1-13(2)17-19-16(20-22-17)15-8-4-3-5-10-21(15)12-14-7-6-9-18-11-14/h13-15,18H,3-12H2,1-2H3.